The van der Waals surface area contributed by atoms with Crippen molar-refractivity contribution in [1.29, 1.82) is 0 Å². The zero-order valence-corrected chi connectivity index (χ0v) is 44.8. The Hall–Kier alpha value is -10.9. The van der Waals surface area contributed by atoms with Crippen molar-refractivity contribution >= 4 is 77.9 Å². The van der Waals surface area contributed by atoms with Crippen molar-refractivity contribution in [3.05, 3.63) is 322 Å². The van der Waals surface area contributed by atoms with Crippen LogP contribution in [0.3, 0.4) is 0 Å². The molecule has 2 heterocycles. The van der Waals surface area contributed by atoms with E-state index in [0.717, 1.165) is 123 Å². The van der Waals surface area contributed by atoms with Crippen molar-refractivity contribution in [3.8, 4) is 61.3 Å². The Balaban J connectivity index is 1.03. The SMILES string of the molecule is c1ccc(-c2ccc(N(c3ccc(-c4ccccc4)cc3)c3cc(-c4cc5c6ccccc6n(-c6cccc(-c7ccccc7)c6)c5c5oc6ccccc6c45)cc(N(c4ccccc4)c4ccccc4-c4ccccc4)c3)cc2)cc1. The molecule has 15 aromatic rings. The molecule has 0 radical (unpaired) electrons. The highest BCUT2D eigenvalue weighted by Crippen LogP contribution is 2.50. The highest BCUT2D eigenvalue weighted by atomic mass is 16.3. The number of rotatable bonds is 12. The van der Waals surface area contributed by atoms with Crippen LogP contribution < -0.4 is 9.80 Å². The molecule has 82 heavy (non-hydrogen) atoms. The molecule has 13 aromatic carbocycles. The first-order chi connectivity index (χ1) is 40.7. The van der Waals surface area contributed by atoms with E-state index in [0.29, 0.717) is 0 Å². The summed E-state index contributed by atoms with van der Waals surface area (Å²) in [5.74, 6) is 0. The molecule has 0 aliphatic carbocycles. The van der Waals surface area contributed by atoms with Gasteiger partial charge in [0.1, 0.15) is 5.58 Å². The van der Waals surface area contributed by atoms with Crippen LogP contribution in [0, 0.1) is 0 Å². The fourth-order valence-corrected chi connectivity index (χ4v) is 12.1. The monoisotopic (exact) mass is 1050 g/mol. The van der Waals surface area contributed by atoms with E-state index in [4.69, 9.17) is 4.42 Å². The maximum atomic E-state index is 7.29. The summed E-state index contributed by atoms with van der Waals surface area (Å²) in [4.78, 5) is 4.84. The smallest absolute Gasteiger partial charge is 0.160 e. The minimum absolute atomic E-state index is 0.832. The number of aromatic nitrogens is 1. The zero-order valence-electron chi connectivity index (χ0n) is 44.8. The van der Waals surface area contributed by atoms with E-state index in [-0.39, 0.29) is 0 Å². The fourth-order valence-electron chi connectivity index (χ4n) is 12.1. The lowest BCUT2D eigenvalue weighted by Crippen LogP contribution is -2.14. The molecule has 386 valence electrons. The number of hydrogen-bond donors (Lipinski definition) is 0. The van der Waals surface area contributed by atoms with E-state index in [1.165, 1.54) is 16.7 Å². The Morgan fingerprint density at radius 3 is 1.38 bits per heavy atom. The van der Waals surface area contributed by atoms with Gasteiger partial charge in [-0.2, -0.15) is 0 Å². The van der Waals surface area contributed by atoms with E-state index in [2.05, 4.69) is 336 Å². The highest BCUT2D eigenvalue weighted by Gasteiger charge is 2.26. The van der Waals surface area contributed by atoms with Crippen LogP contribution >= 0.6 is 0 Å². The third-order valence-corrected chi connectivity index (χ3v) is 15.9. The Kier molecular flexibility index (Phi) is 12.2. The molecule has 15 rings (SSSR count). The Morgan fingerprint density at radius 2 is 0.744 bits per heavy atom. The molecule has 4 nitrogen and oxygen atoms in total. The average molecular weight is 1050 g/mol. The van der Waals surface area contributed by atoms with E-state index < -0.39 is 0 Å². The number of benzene rings is 13. The van der Waals surface area contributed by atoms with Gasteiger partial charge >= 0.3 is 0 Å². The predicted molar refractivity (Wildman–Crippen MR) is 345 cm³/mol. The highest BCUT2D eigenvalue weighted by molar-refractivity contribution is 6.26. The Labute approximate surface area is 476 Å². The number of para-hydroxylation sites is 4. The van der Waals surface area contributed by atoms with Crippen molar-refractivity contribution in [2.24, 2.45) is 0 Å². The van der Waals surface area contributed by atoms with Crippen molar-refractivity contribution in [3.63, 3.8) is 0 Å². The van der Waals surface area contributed by atoms with Crippen LogP contribution in [0.1, 0.15) is 0 Å². The van der Waals surface area contributed by atoms with Gasteiger partial charge in [-0.15, -0.1) is 0 Å². The minimum atomic E-state index is 0.832. The largest absolute Gasteiger partial charge is 0.454 e. The van der Waals surface area contributed by atoms with Gasteiger partial charge in [0.05, 0.1) is 16.7 Å². The number of hydrogen-bond acceptors (Lipinski definition) is 3. The first-order valence-corrected chi connectivity index (χ1v) is 28.0. The van der Waals surface area contributed by atoms with Crippen molar-refractivity contribution in [2.45, 2.75) is 0 Å². The van der Waals surface area contributed by atoms with Gasteiger partial charge in [0.2, 0.25) is 0 Å². The van der Waals surface area contributed by atoms with Gasteiger partial charge in [0.25, 0.3) is 0 Å². The second-order valence-electron chi connectivity index (χ2n) is 20.8. The van der Waals surface area contributed by atoms with Crippen LogP contribution in [0.5, 0.6) is 0 Å². The lowest BCUT2D eigenvalue weighted by Gasteiger charge is -2.31. The maximum absolute atomic E-state index is 7.29. The number of anilines is 6. The van der Waals surface area contributed by atoms with Gasteiger partial charge < -0.3 is 18.8 Å². The summed E-state index contributed by atoms with van der Waals surface area (Å²) in [5, 5.41) is 4.35. The Morgan fingerprint density at radius 1 is 0.268 bits per heavy atom. The van der Waals surface area contributed by atoms with Crippen LogP contribution in [0.15, 0.2) is 326 Å². The lowest BCUT2D eigenvalue weighted by atomic mass is 9.94. The topological polar surface area (TPSA) is 24.6 Å². The molecule has 0 atom stereocenters. The maximum Gasteiger partial charge on any atom is 0.160 e. The number of furan rings is 1. The van der Waals surface area contributed by atoms with E-state index in [1.807, 2.05) is 0 Å². The number of fused-ring (bicyclic) bond motifs is 7. The van der Waals surface area contributed by atoms with Gasteiger partial charge in [0.15, 0.2) is 5.58 Å². The van der Waals surface area contributed by atoms with Gasteiger partial charge in [-0.05, 0) is 141 Å². The molecule has 0 saturated carbocycles. The Bertz CT molecular complexity index is 4680. The summed E-state index contributed by atoms with van der Waals surface area (Å²) in [6.07, 6.45) is 0. The number of nitrogens with zero attached hydrogens (tertiary/aromatic N) is 3. The fraction of sp³-hybridized carbons (Fsp3) is 0. The zero-order chi connectivity index (χ0) is 54.3. The molecule has 2 aromatic heterocycles. The summed E-state index contributed by atoms with van der Waals surface area (Å²) in [6, 6.07) is 116. The lowest BCUT2D eigenvalue weighted by molar-refractivity contribution is 0.671. The molecule has 0 saturated heterocycles. The molecule has 0 unspecified atom stereocenters. The summed E-state index contributed by atoms with van der Waals surface area (Å²) in [6.45, 7) is 0. The summed E-state index contributed by atoms with van der Waals surface area (Å²) in [7, 11) is 0. The van der Waals surface area contributed by atoms with Crippen molar-refractivity contribution in [1.82, 2.24) is 4.57 Å². The van der Waals surface area contributed by atoms with Crippen LogP contribution in [-0.2, 0) is 0 Å². The van der Waals surface area contributed by atoms with Crippen LogP contribution in [0.2, 0.25) is 0 Å². The molecular weight excluding hydrogens is 995 g/mol. The molecule has 4 heteroatoms. The molecule has 0 bridgehead atoms. The minimum Gasteiger partial charge on any atom is -0.454 e. The van der Waals surface area contributed by atoms with Crippen molar-refractivity contribution in [2.75, 3.05) is 9.80 Å². The molecule has 0 amide bonds. The molecular formula is C78H53N3O. The molecule has 0 spiro atoms. The standard InChI is InChI=1S/C78H53N3O/c1-6-23-54(24-7-1)57-41-45-63(46-42-57)79(64-47-43-58(44-48-64)55-25-8-2-9-26-55)66-50-61(51-67(52-66)80(62-32-14-5-15-33-62)73-38-19-16-35-68(73)59-29-12-4-13-30-59)71-53-72-69-36-17-20-39-74(69)81(65-34-22-31-60(49-65)56-27-10-3-11-28-56)77(72)78-76(71)70-37-18-21-40-75(70)82-78/h1-53H. The van der Waals surface area contributed by atoms with Gasteiger partial charge in [-0.3, -0.25) is 0 Å². The molecule has 0 fully saturated rings. The van der Waals surface area contributed by atoms with Crippen LogP contribution in [0.4, 0.5) is 34.1 Å². The van der Waals surface area contributed by atoms with Gasteiger partial charge in [-0.25, -0.2) is 0 Å². The molecule has 0 aliphatic rings. The summed E-state index contributed by atoms with van der Waals surface area (Å²) in [5.41, 5.74) is 22.3. The van der Waals surface area contributed by atoms with E-state index >= 15 is 0 Å². The third-order valence-electron chi connectivity index (χ3n) is 15.9. The van der Waals surface area contributed by atoms with Gasteiger partial charge in [-0.1, -0.05) is 231 Å². The molecule has 0 aliphatic heterocycles. The average Bonchev–Trinajstić information content (AvgIpc) is 3.33. The van der Waals surface area contributed by atoms with Crippen LogP contribution in [0.25, 0.3) is 105 Å². The first-order valence-electron chi connectivity index (χ1n) is 28.0. The normalized spacial score (nSPS) is 11.4. The quantitative estimate of drug-likeness (QED) is 0.122. The first kappa shape index (κ1) is 48.2. The van der Waals surface area contributed by atoms with Crippen LogP contribution in [-0.4, -0.2) is 4.57 Å². The van der Waals surface area contributed by atoms with Gasteiger partial charge in [0, 0.05) is 61.2 Å². The summed E-state index contributed by atoms with van der Waals surface area (Å²) < 4.78 is 9.69. The molecule has 0 N–H and O–H groups in total. The van der Waals surface area contributed by atoms with E-state index in [9.17, 15) is 0 Å². The predicted octanol–water partition coefficient (Wildman–Crippen LogP) is 22.0. The van der Waals surface area contributed by atoms with E-state index in [1.54, 1.807) is 0 Å². The second-order valence-corrected chi connectivity index (χ2v) is 20.8. The van der Waals surface area contributed by atoms with Crippen molar-refractivity contribution < 1.29 is 4.42 Å². The summed E-state index contributed by atoms with van der Waals surface area (Å²) >= 11 is 0. The second kappa shape index (κ2) is 20.7. The third kappa shape index (κ3) is 8.67.